The largest absolute Gasteiger partial charge is 0.342 e. The Morgan fingerprint density at radius 3 is 2.49 bits per heavy atom. The molecule has 41 heavy (non-hydrogen) atoms. The minimum atomic E-state index is -0.929. The van der Waals surface area contributed by atoms with Gasteiger partial charge >= 0.3 is 6.03 Å². The van der Waals surface area contributed by atoms with E-state index in [1.54, 1.807) is 15.9 Å². The fraction of sp³-hybridized carbons (Fsp3) is 0.516. The van der Waals surface area contributed by atoms with Crippen LogP contribution in [-0.4, -0.2) is 63.5 Å². The SMILES string of the molecule is O=C(CC1SC(c2cccc(F)c2F)N(CC2CCCCC2)C1=O)N1CCC(N2Cc3ccccc3NC2=O)CC1. The van der Waals surface area contributed by atoms with Crippen molar-refractivity contribution in [2.24, 2.45) is 5.92 Å². The van der Waals surface area contributed by atoms with E-state index in [1.165, 1.54) is 24.2 Å². The molecule has 2 aromatic carbocycles. The average molecular weight is 583 g/mol. The highest BCUT2D eigenvalue weighted by Gasteiger charge is 2.44. The first-order chi connectivity index (χ1) is 19.9. The minimum Gasteiger partial charge on any atom is -0.342 e. The molecule has 2 saturated heterocycles. The number of para-hydroxylation sites is 1. The summed E-state index contributed by atoms with van der Waals surface area (Å²) in [7, 11) is 0. The zero-order valence-corrected chi connectivity index (χ0v) is 23.9. The monoisotopic (exact) mass is 582 g/mol. The molecule has 10 heteroatoms. The molecule has 3 aliphatic heterocycles. The van der Waals surface area contributed by atoms with Gasteiger partial charge in [0.1, 0.15) is 5.37 Å². The van der Waals surface area contributed by atoms with E-state index in [4.69, 9.17) is 0 Å². The van der Waals surface area contributed by atoms with Crippen LogP contribution in [0, 0.1) is 17.6 Å². The lowest BCUT2D eigenvalue weighted by molar-refractivity contribution is -0.137. The lowest BCUT2D eigenvalue weighted by Crippen LogP contribution is -2.51. The van der Waals surface area contributed by atoms with Crippen LogP contribution in [0.25, 0.3) is 0 Å². The van der Waals surface area contributed by atoms with Gasteiger partial charge < -0.3 is 20.0 Å². The molecule has 6 rings (SSSR count). The third-order valence-corrected chi connectivity index (χ3v) is 10.5. The number of thioether (sulfide) groups is 1. The number of hydrogen-bond donors (Lipinski definition) is 1. The van der Waals surface area contributed by atoms with Gasteiger partial charge in [-0.3, -0.25) is 9.59 Å². The highest BCUT2D eigenvalue weighted by molar-refractivity contribution is 8.01. The maximum Gasteiger partial charge on any atom is 0.322 e. The van der Waals surface area contributed by atoms with Crippen LogP contribution < -0.4 is 5.32 Å². The summed E-state index contributed by atoms with van der Waals surface area (Å²) < 4.78 is 29.0. The number of likely N-dealkylation sites (tertiary alicyclic amines) is 1. The van der Waals surface area contributed by atoms with E-state index >= 15 is 0 Å². The molecule has 2 unspecified atom stereocenters. The van der Waals surface area contributed by atoms with Crippen molar-refractivity contribution in [1.29, 1.82) is 0 Å². The van der Waals surface area contributed by atoms with E-state index in [-0.39, 0.29) is 35.9 Å². The predicted molar refractivity (Wildman–Crippen MR) is 154 cm³/mol. The number of nitrogens with zero attached hydrogens (tertiary/aromatic N) is 3. The van der Waals surface area contributed by atoms with Crippen LogP contribution in [0.2, 0.25) is 0 Å². The van der Waals surface area contributed by atoms with Crippen molar-refractivity contribution in [2.45, 2.75) is 74.6 Å². The first-order valence-corrected chi connectivity index (χ1v) is 15.7. The van der Waals surface area contributed by atoms with E-state index in [9.17, 15) is 23.2 Å². The van der Waals surface area contributed by atoms with E-state index in [2.05, 4.69) is 5.32 Å². The molecule has 3 fully saturated rings. The predicted octanol–water partition coefficient (Wildman–Crippen LogP) is 5.92. The Kier molecular flexibility index (Phi) is 8.19. The summed E-state index contributed by atoms with van der Waals surface area (Å²) in [5.74, 6) is -1.80. The molecule has 3 heterocycles. The van der Waals surface area contributed by atoms with Gasteiger partial charge in [-0.05, 0) is 49.3 Å². The molecular weight excluding hydrogens is 546 g/mol. The molecule has 218 valence electrons. The molecule has 2 aromatic rings. The molecule has 0 bridgehead atoms. The summed E-state index contributed by atoms with van der Waals surface area (Å²) in [6.45, 7) is 2.06. The maximum absolute atomic E-state index is 14.9. The number of carbonyl (C=O) groups excluding carboxylic acids is 3. The molecule has 1 N–H and O–H groups in total. The number of nitrogens with one attached hydrogen (secondary N) is 1. The second-order valence-corrected chi connectivity index (χ2v) is 12.9. The summed E-state index contributed by atoms with van der Waals surface area (Å²) >= 11 is 1.26. The molecule has 0 spiro atoms. The van der Waals surface area contributed by atoms with E-state index < -0.39 is 22.3 Å². The number of hydrogen-bond acceptors (Lipinski definition) is 4. The minimum absolute atomic E-state index is 0.0281. The van der Waals surface area contributed by atoms with E-state index in [1.807, 2.05) is 29.2 Å². The van der Waals surface area contributed by atoms with Crippen molar-refractivity contribution in [3.63, 3.8) is 0 Å². The number of anilines is 1. The Morgan fingerprint density at radius 2 is 1.71 bits per heavy atom. The number of carbonyl (C=O) groups is 3. The van der Waals surface area contributed by atoms with Crippen molar-refractivity contribution in [3.8, 4) is 0 Å². The quantitative estimate of drug-likeness (QED) is 0.459. The molecule has 0 radical (unpaired) electrons. The van der Waals surface area contributed by atoms with Crippen LogP contribution in [0.4, 0.5) is 19.3 Å². The van der Waals surface area contributed by atoms with Crippen molar-refractivity contribution < 1.29 is 23.2 Å². The first-order valence-electron chi connectivity index (χ1n) is 14.7. The Bertz CT molecular complexity index is 1310. The third kappa shape index (κ3) is 5.80. The second kappa shape index (κ2) is 12.0. The van der Waals surface area contributed by atoms with Crippen molar-refractivity contribution in [1.82, 2.24) is 14.7 Å². The topological polar surface area (TPSA) is 73.0 Å². The number of halogens is 2. The lowest BCUT2D eigenvalue weighted by atomic mass is 9.88. The number of urea groups is 1. The smallest absolute Gasteiger partial charge is 0.322 e. The molecule has 7 nitrogen and oxygen atoms in total. The summed E-state index contributed by atoms with van der Waals surface area (Å²) in [4.78, 5) is 45.1. The highest BCUT2D eigenvalue weighted by Crippen LogP contribution is 2.46. The highest BCUT2D eigenvalue weighted by atomic mass is 32.2. The van der Waals surface area contributed by atoms with Gasteiger partial charge in [-0.25, -0.2) is 13.6 Å². The Balaban J connectivity index is 1.10. The summed E-state index contributed by atoms with van der Waals surface area (Å²) in [6, 6.07) is 11.8. The first kappa shape index (κ1) is 28.0. The van der Waals surface area contributed by atoms with Gasteiger partial charge in [0, 0.05) is 49.9 Å². The summed E-state index contributed by atoms with van der Waals surface area (Å²) in [5.41, 5.74) is 2.08. The van der Waals surface area contributed by atoms with Gasteiger partial charge in [0.25, 0.3) is 0 Å². The van der Waals surface area contributed by atoms with Crippen LogP contribution >= 0.6 is 11.8 Å². The average Bonchev–Trinajstić information content (AvgIpc) is 3.28. The van der Waals surface area contributed by atoms with Gasteiger partial charge in [0.2, 0.25) is 11.8 Å². The molecule has 2 atom stereocenters. The number of fused-ring (bicyclic) bond motifs is 1. The van der Waals surface area contributed by atoms with Crippen LogP contribution in [-0.2, 0) is 16.1 Å². The van der Waals surface area contributed by atoms with E-state index in [0.717, 1.165) is 43.0 Å². The Hall–Kier alpha value is -3.14. The van der Waals surface area contributed by atoms with Crippen molar-refractivity contribution in [3.05, 3.63) is 65.2 Å². The normalized spacial score (nSPS) is 24.0. The molecule has 4 aliphatic rings. The van der Waals surface area contributed by atoms with Crippen LogP contribution in [0.5, 0.6) is 0 Å². The van der Waals surface area contributed by atoms with Crippen LogP contribution in [0.15, 0.2) is 42.5 Å². The van der Waals surface area contributed by atoms with Gasteiger partial charge in [-0.2, -0.15) is 0 Å². The molecule has 1 aliphatic carbocycles. The number of amides is 4. The third-order valence-electron chi connectivity index (χ3n) is 9.04. The maximum atomic E-state index is 14.9. The van der Waals surface area contributed by atoms with Crippen molar-refractivity contribution >= 4 is 35.3 Å². The zero-order valence-electron chi connectivity index (χ0n) is 23.1. The Labute approximate surface area is 243 Å². The van der Waals surface area contributed by atoms with Crippen LogP contribution in [0.3, 0.4) is 0 Å². The van der Waals surface area contributed by atoms with Crippen LogP contribution in [0.1, 0.15) is 67.9 Å². The van der Waals surface area contributed by atoms with Gasteiger partial charge in [0.05, 0.1) is 5.25 Å². The Morgan fingerprint density at radius 1 is 0.951 bits per heavy atom. The standard InChI is InChI=1S/C31H36F2N4O3S/c32-24-11-6-10-23(28(24)33)30-37(18-20-7-2-1-3-8-20)29(39)26(41-30)17-27(38)35-15-13-22(14-16-35)36-19-21-9-4-5-12-25(21)34-31(36)40/h4-6,9-12,20,22,26,30H,1-3,7-8,13-19H2,(H,34,40). The second-order valence-electron chi connectivity index (χ2n) is 11.6. The molecular formula is C31H36F2N4O3S. The van der Waals surface area contributed by atoms with Gasteiger partial charge in [-0.15, -0.1) is 11.8 Å². The number of benzene rings is 2. The summed E-state index contributed by atoms with van der Waals surface area (Å²) in [5, 5.41) is 1.68. The molecule has 4 amide bonds. The van der Waals surface area contributed by atoms with Crippen molar-refractivity contribution in [2.75, 3.05) is 25.0 Å². The zero-order chi connectivity index (χ0) is 28.5. The fourth-order valence-electron chi connectivity index (χ4n) is 6.74. The van der Waals surface area contributed by atoms with E-state index in [0.29, 0.717) is 44.9 Å². The lowest BCUT2D eigenvalue weighted by Gasteiger charge is -2.40. The number of piperidine rings is 1. The molecule has 0 aromatic heterocycles. The summed E-state index contributed by atoms with van der Waals surface area (Å²) in [6.07, 6.45) is 6.81. The number of rotatable bonds is 6. The fourth-order valence-corrected chi connectivity index (χ4v) is 8.21. The molecule has 1 saturated carbocycles. The van der Waals surface area contributed by atoms with Gasteiger partial charge in [-0.1, -0.05) is 49.6 Å². The van der Waals surface area contributed by atoms with Gasteiger partial charge in [0.15, 0.2) is 11.6 Å².